The van der Waals surface area contributed by atoms with Gasteiger partial charge in [-0.05, 0) is 47.0 Å². The van der Waals surface area contributed by atoms with Crippen LogP contribution in [0, 0.1) is 0 Å². The molecule has 0 heterocycles. The molecule has 1 aliphatic rings. The van der Waals surface area contributed by atoms with Crippen LogP contribution in [-0.2, 0) is 11.3 Å². The summed E-state index contributed by atoms with van der Waals surface area (Å²) in [4.78, 5) is 24.7. The van der Waals surface area contributed by atoms with Crippen molar-refractivity contribution in [2.75, 3.05) is 0 Å². The third kappa shape index (κ3) is 2.89. The molecule has 25 heavy (non-hydrogen) atoms. The molecule has 0 aliphatic heterocycles. The van der Waals surface area contributed by atoms with Crippen LogP contribution in [0.25, 0.3) is 11.1 Å². The monoisotopic (exact) mass is 392 g/mol. The highest BCUT2D eigenvalue weighted by atomic mass is 79.9. The van der Waals surface area contributed by atoms with Crippen molar-refractivity contribution in [1.82, 2.24) is 0 Å². The Labute approximate surface area is 153 Å². The number of fused-ring (bicyclic) bond motifs is 3. The Morgan fingerprint density at radius 2 is 1.52 bits per heavy atom. The van der Waals surface area contributed by atoms with Gasteiger partial charge in [-0.15, -0.1) is 0 Å². The molecule has 0 spiro atoms. The van der Waals surface area contributed by atoms with Crippen LogP contribution in [0.15, 0.2) is 71.2 Å². The molecular weight excluding hydrogens is 380 g/mol. The van der Waals surface area contributed by atoms with Gasteiger partial charge in [0, 0.05) is 15.6 Å². The van der Waals surface area contributed by atoms with E-state index in [1.54, 1.807) is 18.2 Å². The fourth-order valence-corrected chi connectivity index (χ4v) is 3.23. The second-order valence-corrected chi connectivity index (χ2v) is 6.75. The van der Waals surface area contributed by atoms with Gasteiger partial charge in [-0.25, -0.2) is 4.79 Å². The molecule has 0 amide bonds. The van der Waals surface area contributed by atoms with E-state index in [4.69, 9.17) is 4.74 Å². The molecule has 3 nitrogen and oxygen atoms in total. The van der Waals surface area contributed by atoms with Crippen molar-refractivity contribution < 1.29 is 14.3 Å². The maximum Gasteiger partial charge on any atom is 0.338 e. The molecule has 1 aliphatic carbocycles. The molecule has 122 valence electrons. The summed E-state index contributed by atoms with van der Waals surface area (Å²) >= 11 is 3.37. The van der Waals surface area contributed by atoms with Gasteiger partial charge in [0.05, 0.1) is 5.56 Å². The number of esters is 1. The third-order valence-electron chi connectivity index (χ3n) is 4.24. The van der Waals surface area contributed by atoms with Crippen LogP contribution in [0.5, 0.6) is 0 Å². The van der Waals surface area contributed by atoms with Gasteiger partial charge in [0.25, 0.3) is 0 Å². The first-order valence-corrected chi connectivity index (χ1v) is 8.62. The second kappa shape index (κ2) is 6.30. The Morgan fingerprint density at radius 1 is 0.840 bits per heavy atom. The minimum absolute atomic E-state index is 0.000352. The van der Waals surface area contributed by atoms with Gasteiger partial charge in [-0.3, -0.25) is 4.79 Å². The predicted molar refractivity (Wildman–Crippen MR) is 98.6 cm³/mol. The molecule has 0 unspecified atom stereocenters. The summed E-state index contributed by atoms with van der Waals surface area (Å²) in [6, 6.07) is 20.1. The zero-order chi connectivity index (χ0) is 17.4. The maximum atomic E-state index is 12.4. The average molecular weight is 393 g/mol. The zero-order valence-electron chi connectivity index (χ0n) is 13.2. The highest BCUT2D eigenvalue weighted by molar-refractivity contribution is 9.10. The summed E-state index contributed by atoms with van der Waals surface area (Å²) in [5.74, 6) is -0.400. The fraction of sp³-hybridized carbons (Fsp3) is 0.0476. The number of rotatable bonds is 3. The molecule has 0 bridgehead atoms. The normalized spacial score (nSPS) is 11.8. The van der Waals surface area contributed by atoms with Crippen LogP contribution >= 0.6 is 15.9 Å². The quantitative estimate of drug-likeness (QED) is 0.459. The molecule has 0 atom stereocenters. The first-order chi connectivity index (χ1) is 12.1. The number of carbonyl (C=O) groups excluding carboxylic acids is 2. The first-order valence-electron chi connectivity index (χ1n) is 7.83. The predicted octanol–water partition coefficient (Wildman–Crippen LogP) is 5.02. The minimum atomic E-state index is -0.400. The van der Waals surface area contributed by atoms with E-state index in [-0.39, 0.29) is 12.4 Å². The van der Waals surface area contributed by atoms with Gasteiger partial charge < -0.3 is 4.74 Å². The van der Waals surface area contributed by atoms with Crippen molar-refractivity contribution >= 4 is 27.7 Å². The molecule has 3 aromatic carbocycles. The van der Waals surface area contributed by atoms with E-state index in [1.807, 2.05) is 48.5 Å². The van der Waals surface area contributed by atoms with Gasteiger partial charge in [0.2, 0.25) is 0 Å². The highest BCUT2D eigenvalue weighted by Gasteiger charge is 2.27. The first kappa shape index (κ1) is 15.8. The molecule has 0 radical (unpaired) electrons. The van der Waals surface area contributed by atoms with E-state index >= 15 is 0 Å². The Balaban J connectivity index is 1.57. The van der Waals surface area contributed by atoms with Crippen LogP contribution < -0.4 is 0 Å². The van der Waals surface area contributed by atoms with Crippen LogP contribution in [-0.4, -0.2) is 11.8 Å². The molecule has 0 aromatic heterocycles. The van der Waals surface area contributed by atoms with Crippen molar-refractivity contribution in [2.24, 2.45) is 0 Å². The number of benzene rings is 3. The van der Waals surface area contributed by atoms with Gasteiger partial charge in [0.15, 0.2) is 5.78 Å². The van der Waals surface area contributed by atoms with Crippen LogP contribution in [0.1, 0.15) is 31.8 Å². The van der Waals surface area contributed by atoms with E-state index in [1.165, 1.54) is 0 Å². The summed E-state index contributed by atoms with van der Waals surface area (Å²) in [7, 11) is 0. The van der Waals surface area contributed by atoms with Crippen molar-refractivity contribution in [3.63, 3.8) is 0 Å². The van der Waals surface area contributed by atoms with E-state index in [2.05, 4.69) is 15.9 Å². The molecule has 0 fully saturated rings. The van der Waals surface area contributed by atoms with Crippen molar-refractivity contribution in [3.8, 4) is 11.1 Å². The van der Waals surface area contributed by atoms with Crippen molar-refractivity contribution in [2.45, 2.75) is 6.61 Å². The highest BCUT2D eigenvalue weighted by Crippen LogP contribution is 2.36. The lowest BCUT2D eigenvalue weighted by Gasteiger charge is -2.07. The number of carbonyl (C=O) groups is 2. The molecule has 0 saturated carbocycles. The average Bonchev–Trinajstić information content (AvgIpc) is 2.93. The van der Waals surface area contributed by atoms with E-state index in [0.29, 0.717) is 16.7 Å². The van der Waals surface area contributed by atoms with E-state index < -0.39 is 5.97 Å². The second-order valence-electron chi connectivity index (χ2n) is 5.84. The molecule has 0 saturated heterocycles. The summed E-state index contributed by atoms with van der Waals surface area (Å²) in [6.07, 6.45) is 0. The molecule has 4 rings (SSSR count). The van der Waals surface area contributed by atoms with Gasteiger partial charge >= 0.3 is 5.97 Å². The maximum absolute atomic E-state index is 12.4. The molecule has 3 aromatic rings. The van der Waals surface area contributed by atoms with Crippen molar-refractivity contribution in [3.05, 3.63) is 93.5 Å². The zero-order valence-corrected chi connectivity index (χ0v) is 14.7. The lowest BCUT2D eigenvalue weighted by molar-refractivity contribution is 0.0472. The van der Waals surface area contributed by atoms with Gasteiger partial charge in [-0.1, -0.05) is 52.3 Å². The Morgan fingerprint density at radius 3 is 2.28 bits per heavy atom. The van der Waals surface area contributed by atoms with Gasteiger partial charge in [-0.2, -0.15) is 0 Å². The third-order valence-corrected chi connectivity index (χ3v) is 4.77. The van der Waals surface area contributed by atoms with Crippen LogP contribution in [0.2, 0.25) is 0 Å². The summed E-state index contributed by atoms with van der Waals surface area (Å²) in [5.41, 5.74) is 4.32. The molecule has 4 heteroatoms. The number of hydrogen-bond donors (Lipinski definition) is 0. The number of hydrogen-bond acceptors (Lipinski definition) is 3. The standard InChI is InChI=1S/C21H13BrO3/c22-15-8-5-13(6-9-15)12-25-21(24)14-7-10-18-19(11-14)16-3-1-2-4-17(16)20(18)23/h1-11H,12H2. The Bertz CT molecular complexity index is 990. The van der Waals surface area contributed by atoms with Crippen LogP contribution in [0.3, 0.4) is 0 Å². The van der Waals surface area contributed by atoms with Crippen LogP contribution in [0.4, 0.5) is 0 Å². The summed E-state index contributed by atoms with van der Waals surface area (Å²) in [5, 5.41) is 0. The van der Waals surface area contributed by atoms with Gasteiger partial charge in [0.1, 0.15) is 6.61 Å². The minimum Gasteiger partial charge on any atom is -0.457 e. The summed E-state index contributed by atoms with van der Waals surface area (Å²) in [6.45, 7) is 0.207. The topological polar surface area (TPSA) is 43.4 Å². The van der Waals surface area contributed by atoms with E-state index in [9.17, 15) is 9.59 Å². The Kier molecular flexibility index (Phi) is 3.98. The number of halogens is 1. The largest absolute Gasteiger partial charge is 0.457 e. The molecular formula is C21H13BrO3. The SMILES string of the molecule is O=C(OCc1ccc(Br)cc1)c1ccc2c(c1)-c1ccccc1C2=O. The van der Waals surface area contributed by atoms with Crippen molar-refractivity contribution in [1.29, 1.82) is 0 Å². The molecule has 0 N–H and O–H groups in total. The fourth-order valence-electron chi connectivity index (χ4n) is 2.97. The number of ether oxygens (including phenoxy) is 1. The lowest BCUT2D eigenvalue weighted by atomic mass is 10.0. The summed E-state index contributed by atoms with van der Waals surface area (Å²) < 4.78 is 6.37. The number of ketones is 1. The Hall–Kier alpha value is -2.72. The van der Waals surface area contributed by atoms with E-state index in [0.717, 1.165) is 21.2 Å². The smallest absolute Gasteiger partial charge is 0.338 e. The lowest BCUT2D eigenvalue weighted by Crippen LogP contribution is -2.06.